The molecule has 88 valence electrons. The average molecular weight is 238 g/mol. The molecule has 0 bridgehead atoms. The second-order valence-corrected chi connectivity index (χ2v) is 4.65. The van der Waals surface area contributed by atoms with Gasteiger partial charge in [0.15, 0.2) is 0 Å². The van der Waals surface area contributed by atoms with Crippen molar-refractivity contribution in [3.05, 3.63) is 35.4 Å². The van der Waals surface area contributed by atoms with Gasteiger partial charge in [0.25, 0.3) is 0 Å². The Bertz CT molecular complexity index is 343. The first-order valence-corrected chi connectivity index (χ1v) is 5.85. The molecule has 0 unspecified atom stereocenters. The average Bonchev–Trinajstić information content (AvgIpc) is 2.27. The molecular weight excluding hydrogens is 220 g/mol. The van der Waals surface area contributed by atoms with Gasteiger partial charge < -0.3 is 4.18 Å². The number of carbonyl (C=O) groups excluding carboxylic acids is 1. The molecule has 0 spiro atoms. The lowest BCUT2D eigenvalue weighted by molar-refractivity contribution is -0.134. The standard InChI is InChI=1S/C13H18O2S/c1-9(2)8-11-4-6-12(7-5-11)10(3)13(14)15-16/h4-7,9-10,16H,8H2,1-3H3/t10-/m1/s1. The summed E-state index contributed by atoms with van der Waals surface area (Å²) in [5.74, 6) is 0.0659. The van der Waals surface area contributed by atoms with Gasteiger partial charge in [0, 0.05) is 12.9 Å². The van der Waals surface area contributed by atoms with Gasteiger partial charge in [-0.1, -0.05) is 38.1 Å². The maximum absolute atomic E-state index is 11.3. The second kappa shape index (κ2) is 5.94. The molecule has 0 aromatic heterocycles. The SMILES string of the molecule is CC(C)Cc1ccc([C@@H](C)C(=O)OS)cc1. The smallest absolute Gasteiger partial charge is 0.324 e. The van der Waals surface area contributed by atoms with E-state index in [1.54, 1.807) is 0 Å². The number of benzene rings is 1. The lowest BCUT2D eigenvalue weighted by Gasteiger charge is -2.10. The highest BCUT2D eigenvalue weighted by molar-refractivity contribution is 7.75. The zero-order chi connectivity index (χ0) is 12.1. The Hall–Kier alpha value is -0.960. The summed E-state index contributed by atoms with van der Waals surface area (Å²) < 4.78 is 4.42. The number of hydrogen-bond donors (Lipinski definition) is 1. The van der Waals surface area contributed by atoms with Gasteiger partial charge in [-0.15, -0.1) is 0 Å². The van der Waals surface area contributed by atoms with Gasteiger partial charge in [0.1, 0.15) is 0 Å². The molecule has 0 aliphatic carbocycles. The second-order valence-electron chi connectivity index (χ2n) is 4.47. The van der Waals surface area contributed by atoms with E-state index in [1.165, 1.54) is 5.56 Å². The zero-order valence-electron chi connectivity index (χ0n) is 9.93. The highest BCUT2D eigenvalue weighted by Gasteiger charge is 2.15. The summed E-state index contributed by atoms with van der Waals surface area (Å²) in [6, 6.07) is 8.09. The molecule has 0 amide bonds. The van der Waals surface area contributed by atoms with E-state index < -0.39 is 0 Å². The fraction of sp³-hybridized carbons (Fsp3) is 0.462. The van der Waals surface area contributed by atoms with Crippen molar-refractivity contribution in [2.45, 2.75) is 33.1 Å². The molecule has 0 aliphatic rings. The molecule has 0 saturated heterocycles. The van der Waals surface area contributed by atoms with Crippen molar-refractivity contribution in [2.24, 2.45) is 5.92 Å². The molecule has 0 fully saturated rings. The summed E-state index contributed by atoms with van der Waals surface area (Å²) in [4.78, 5) is 11.3. The highest BCUT2D eigenvalue weighted by atomic mass is 32.1. The van der Waals surface area contributed by atoms with Crippen LogP contribution in [0.4, 0.5) is 0 Å². The van der Waals surface area contributed by atoms with Crippen molar-refractivity contribution >= 4 is 18.9 Å². The Balaban J connectivity index is 2.74. The molecule has 0 N–H and O–H groups in total. The normalized spacial score (nSPS) is 12.6. The molecule has 16 heavy (non-hydrogen) atoms. The lowest BCUT2D eigenvalue weighted by atomic mass is 9.97. The minimum absolute atomic E-state index is 0.259. The molecule has 1 aromatic rings. The fourth-order valence-corrected chi connectivity index (χ4v) is 1.79. The predicted octanol–water partition coefficient (Wildman–Crippen LogP) is 3.38. The van der Waals surface area contributed by atoms with Gasteiger partial charge in [-0.25, -0.2) is 0 Å². The molecule has 2 nitrogen and oxygen atoms in total. The van der Waals surface area contributed by atoms with Crippen molar-refractivity contribution < 1.29 is 8.98 Å². The summed E-state index contributed by atoms with van der Waals surface area (Å²) in [5, 5.41) is 0. The summed E-state index contributed by atoms with van der Waals surface area (Å²) >= 11 is 3.52. The van der Waals surface area contributed by atoms with Crippen LogP contribution in [0.3, 0.4) is 0 Å². The minimum atomic E-state index is -0.319. The van der Waals surface area contributed by atoms with Crippen molar-refractivity contribution in [1.82, 2.24) is 0 Å². The third-order valence-electron chi connectivity index (χ3n) is 2.57. The van der Waals surface area contributed by atoms with Gasteiger partial charge in [-0.3, -0.25) is 4.79 Å². The molecule has 3 heteroatoms. The van der Waals surface area contributed by atoms with Crippen LogP contribution in [0.25, 0.3) is 0 Å². The van der Waals surface area contributed by atoms with Crippen LogP contribution in [-0.4, -0.2) is 5.97 Å². The molecule has 0 heterocycles. The van der Waals surface area contributed by atoms with Gasteiger partial charge in [0.2, 0.25) is 0 Å². The monoisotopic (exact) mass is 238 g/mol. The molecule has 0 saturated carbocycles. The zero-order valence-corrected chi connectivity index (χ0v) is 10.8. The van der Waals surface area contributed by atoms with E-state index in [0.29, 0.717) is 5.92 Å². The van der Waals surface area contributed by atoms with E-state index in [1.807, 2.05) is 19.1 Å². The van der Waals surface area contributed by atoms with E-state index in [2.05, 4.69) is 43.1 Å². The third kappa shape index (κ3) is 3.56. The molecule has 1 atom stereocenters. The van der Waals surface area contributed by atoms with Crippen LogP contribution in [0.1, 0.15) is 37.8 Å². The summed E-state index contributed by atoms with van der Waals surface area (Å²) in [5.41, 5.74) is 2.26. The van der Waals surface area contributed by atoms with Gasteiger partial charge in [-0.05, 0) is 30.4 Å². The third-order valence-corrected chi connectivity index (χ3v) is 2.75. The quantitative estimate of drug-likeness (QED) is 0.643. The van der Waals surface area contributed by atoms with Crippen molar-refractivity contribution in [1.29, 1.82) is 0 Å². The number of hydrogen-bond acceptors (Lipinski definition) is 3. The summed E-state index contributed by atoms with van der Waals surface area (Å²) in [7, 11) is 0. The van der Waals surface area contributed by atoms with Crippen LogP contribution in [-0.2, 0) is 15.4 Å². The first-order valence-electron chi connectivity index (χ1n) is 5.48. The fourth-order valence-electron chi connectivity index (χ4n) is 1.63. The molecule has 1 rings (SSSR count). The van der Waals surface area contributed by atoms with Crippen LogP contribution in [0.2, 0.25) is 0 Å². The Labute approximate surface area is 103 Å². The number of carbonyl (C=O) groups is 1. The molecular formula is C13H18O2S. The number of rotatable bonds is 4. The predicted molar refractivity (Wildman–Crippen MR) is 68.5 cm³/mol. The van der Waals surface area contributed by atoms with Crippen LogP contribution < -0.4 is 0 Å². The lowest BCUT2D eigenvalue weighted by Crippen LogP contribution is -2.08. The molecule has 1 aromatic carbocycles. The maximum atomic E-state index is 11.3. The Morgan fingerprint density at radius 3 is 2.25 bits per heavy atom. The van der Waals surface area contributed by atoms with Gasteiger partial charge in [0.05, 0.1) is 5.92 Å². The van der Waals surface area contributed by atoms with E-state index in [4.69, 9.17) is 0 Å². The summed E-state index contributed by atoms with van der Waals surface area (Å²) in [6.07, 6.45) is 1.06. The maximum Gasteiger partial charge on any atom is 0.324 e. The molecule has 0 radical (unpaired) electrons. The summed E-state index contributed by atoms with van der Waals surface area (Å²) in [6.45, 7) is 6.19. The van der Waals surface area contributed by atoms with Crippen molar-refractivity contribution in [3.63, 3.8) is 0 Å². The Morgan fingerprint density at radius 1 is 1.25 bits per heavy atom. The van der Waals surface area contributed by atoms with Crippen molar-refractivity contribution in [3.8, 4) is 0 Å². The van der Waals surface area contributed by atoms with Crippen LogP contribution in [0, 0.1) is 5.92 Å². The first-order chi connectivity index (χ1) is 7.54. The van der Waals surface area contributed by atoms with Crippen LogP contribution in [0.15, 0.2) is 24.3 Å². The topological polar surface area (TPSA) is 26.3 Å². The minimum Gasteiger partial charge on any atom is -0.394 e. The van der Waals surface area contributed by atoms with E-state index in [0.717, 1.165) is 12.0 Å². The van der Waals surface area contributed by atoms with Gasteiger partial charge in [-0.2, -0.15) is 0 Å². The highest BCUT2D eigenvalue weighted by Crippen LogP contribution is 2.19. The first kappa shape index (κ1) is 13.1. The van der Waals surface area contributed by atoms with Crippen LogP contribution in [0.5, 0.6) is 0 Å². The van der Waals surface area contributed by atoms with Crippen LogP contribution >= 0.6 is 12.9 Å². The van der Waals surface area contributed by atoms with E-state index in [-0.39, 0.29) is 11.9 Å². The van der Waals surface area contributed by atoms with E-state index in [9.17, 15) is 4.79 Å². The number of thiol groups is 1. The largest absolute Gasteiger partial charge is 0.394 e. The van der Waals surface area contributed by atoms with Gasteiger partial charge >= 0.3 is 5.97 Å². The van der Waals surface area contributed by atoms with Crippen molar-refractivity contribution in [2.75, 3.05) is 0 Å². The Morgan fingerprint density at radius 2 is 1.81 bits per heavy atom. The Kier molecular flexibility index (Phi) is 4.87. The molecule has 0 aliphatic heterocycles. The van der Waals surface area contributed by atoms with E-state index >= 15 is 0 Å².